The number of carbonyl (C=O) groups is 2. The molecule has 1 aromatic heterocycles. The number of hydrogen-bond acceptors (Lipinski definition) is 6. The number of thiophene rings is 1. The number of anilines is 2. The van der Waals surface area contributed by atoms with Gasteiger partial charge in [0.25, 0.3) is 17.5 Å². The first-order valence-electron chi connectivity index (χ1n) is 8.17. The van der Waals surface area contributed by atoms with Gasteiger partial charge >= 0.3 is 0 Å². The van der Waals surface area contributed by atoms with Crippen LogP contribution in [-0.4, -0.2) is 23.8 Å². The van der Waals surface area contributed by atoms with Crippen molar-refractivity contribution in [3.63, 3.8) is 0 Å². The fraction of sp³-hybridized carbons (Fsp3) is 0.0526. The van der Waals surface area contributed by atoms with E-state index in [4.69, 9.17) is 16.3 Å². The maximum Gasteiger partial charge on any atom is 0.270 e. The van der Waals surface area contributed by atoms with Crippen LogP contribution in [-0.2, 0) is 0 Å². The Hall–Kier alpha value is -3.43. The molecule has 0 spiro atoms. The van der Waals surface area contributed by atoms with Gasteiger partial charge in [0.2, 0.25) is 0 Å². The van der Waals surface area contributed by atoms with Gasteiger partial charge in [0, 0.05) is 23.9 Å². The molecule has 0 aliphatic heterocycles. The summed E-state index contributed by atoms with van der Waals surface area (Å²) in [5.74, 6) is -0.461. The molecule has 0 aliphatic carbocycles. The van der Waals surface area contributed by atoms with Crippen LogP contribution in [0.2, 0.25) is 5.02 Å². The lowest BCUT2D eigenvalue weighted by molar-refractivity contribution is -0.384. The minimum Gasteiger partial charge on any atom is -0.494 e. The number of nitro groups is 1. The molecule has 148 valence electrons. The lowest BCUT2D eigenvalue weighted by atomic mass is 10.1. The number of halogens is 1. The monoisotopic (exact) mass is 431 g/mol. The second kappa shape index (κ2) is 8.72. The van der Waals surface area contributed by atoms with Gasteiger partial charge in [-0.25, -0.2) is 0 Å². The van der Waals surface area contributed by atoms with E-state index in [1.54, 1.807) is 35.7 Å². The topological polar surface area (TPSA) is 111 Å². The molecule has 10 heteroatoms. The van der Waals surface area contributed by atoms with E-state index in [9.17, 15) is 19.7 Å². The Kier molecular flexibility index (Phi) is 6.10. The van der Waals surface area contributed by atoms with Crippen molar-refractivity contribution in [3.8, 4) is 5.75 Å². The summed E-state index contributed by atoms with van der Waals surface area (Å²) in [7, 11) is 1.44. The molecule has 3 rings (SSSR count). The van der Waals surface area contributed by atoms with Crippen LogP contribution in [0.4, 0.5) is 17.1 Å². The lowest BCUT2D eigenvalue weighted by Crippen LogP contribution is -2.14. The molecular weight excluding hydrogens is 418 g/mol. The highest BCUT2D eigenvalue weighted by atomic mass is 35.5. The second-order valence-electron chi connectivity index (χ2n) is 5.72. The largest absolute Gasteiger partial charge is 0.494 e. The fourth-order valence-electron chi connectivity index (χ4n) is 2.46. The van der Waals surface area contributed by atoms with Crippen molar-refractivity contribution < 1.29 is 19.2 Å². The lowest BCUT2D eigenvalue weighted by Gasteiger charge is -2.12. The van der Waals surface area contributed by atoms with Gasteiger partial charge in [-0.05, 0) is 29.6 Å². The molecule has 0 fully saturated rings. The number of amides is 2. The Morgan fingerprint density at radius 2 is 1.90 bits per heavy atom. The smallest absolute Gasteiger partial charge is 0.270 e. The molecule has 3 aromatic rings. The zero-order valence-electron chi connectivity index (χ0n) is 15.0. The zero-order chi connectivity index (χ0) is 21.0. The number of methoxy groups -OCH3 is 1. The van der Waals surface area contributed by atoms with Crippen molar-refractivity contribution in [1.29, 1.82) is 0 Å². The van der Waals surface area contributed by atoms with Crippen LogP contribution in [0.5, 0.6) is 5.75 Å². The van der Waals surface area contributed by atoms with Crippen molar-refractivity contribution in [1.82, 2.24) is 0 Å². The SMILES string of the molecule is COc1cc(NC(=O)c2ccc([N+](=O)[O-])cc2Cl)ccc1NC(=O)c1cccs1. The van der Waals surface area contributed by atoms with Gasteiger partial charge in [-0.3, -0.25) is 19.7 Å². The average Bonchev–Trinajstić information content (AvgIpc) is 3.23. The van der Waals surface area contributed by atoms with E-state index in [-0.39, 0.29) is 22.2 Å². The van der Waals surface area contributed by atoms with Gasteiger partial charge in [-0.15, -0.1) is 11.3 Å². The summed E-state index contributed by atoms with van der Waals surface area (Å²) in [6.07, 6.45) is 0. The minimum absolute atomic E-state index is 0.0384. The maximum absolute atomic E-state index is 12.5. The van der Waals surface area contributed by atoms with E-state index in [1.807, 2.05) is 0 Å². The van der Waals surface area contributed by atoms with E-state index in [0.29, 0.717) is 22.0 Å². The number of carbonyl (C=O) groups excluding carboxylic acids is 2. The molecule has 0 saturated heterocycles. The van der Waals surface area contributed by atoms with Crippen molar-refractivity contribution in [2.45, 2.75) is 0 Å². The second-order valence-corrected chi connectivity index (χ2v) is 7.08. The summed E-state index contributed by atoms with van der Waals surface area (Å²) in [4.78, 5) is 35.4. The van der Waals surface area contributed by atoms with Crippen LogP contribution in [0, 0.1) is 10.1 Å². The maximum atomic E-state index is 12.5. The molecule has 0 radical (unpaired) electrons. The van der Waals surface area contributed by atoms with Crippen LogP contribution in [0.1, 0.15) is 20.0 Å². The fourth-order valence-corrected chi connectivity index (χ4v) is 3.34. The molecule has 0 saturated carbocycles. The minimum atomic E-state index is -0.596. The number of nitro benzene ring substituents is 1. The first-order valence-corrected chi connectivity index (χ1v) is 9.43. The molecule has 0 atom stereocenters. The standard InChI is InChI=1S/C19H14ClN3O5S/c1-28-16-9-11(4-7-15(16)22-19(25)17-3-2-8-29-17)21-18(24)13-6-5-12(23(26)27)10-14(13)20/h2-10H,1H3,(H,21,24)(H,22,25). The van der Waals surface area contributed by atoms with Gasteiger partial charge in [-0.2, -0.15) is 0 Å². The van der Waals surface area contributed by atoms with Gasteiger partial charge in [0.1, 0.15) is 5.75 Å². The van der Waals surface area contributed by atoms with E-state index < -0.39 is 10.8 Å². The molecule has 2 aromatic carbocycles. The van der Waals surface area contributed by atoms with Crippen molar-refractivity contribution in [2.75, 3.05) is 17.7 Å². The van der Waals surface area contributed by atoms with Crippen molar-refractivity contribution in [2.24, 2.45) is 0 Å². The third-order valence-electron chi connectivity index (χ3n) is 3.86. The Morgan fingerprint density at radius 1 is 1.10 bits per heavy atom. The van der Waals surface area contributed by atoms with E-state index in [0.717, 1.165) is 6.07 Å². The number of nitrogens with one attached hydrogen (secondary N) is 2. The van der Waals surface area contributed by atoms with E-state index >= 15 is 0 Å². The van der Waals surface area contributed by atoms with Crippen LogP contribution in [0.3, 0.4) is 0 Å². The number of rotatable bonds is 6. The number of hydrogen-bond donors (Lipinski definition) is 2. The molecule has 0 unspecified atom stereocenters. The van der Waals surface area contributed by atoms with Crippen LogP contribution >= 0.6 is 22.9 Å². The predicted molar refractivity (Wildman–Crippen MR) is 111 cm³/mol. The molecule has 0 bridgehead atoms. The third kappa shape index (κ3) is 4.71. The van der Waals surface area contributed by atoms with Gasteiger partial charge in [0.15, 0.2) is 0 Å². The first kappa shape index (κ1) is 20.3. The van der Waals surface area contributed by atoms with E-state index in [1.165, 1.54) is 30.6 Å². The summed E-state index contributed by atoms with van der Waals surface area (Å²) in [5, 5.41) is 17.9. The number of ether oxygens (including phenoxy) is 1. The van der Waals surface area contributed by atoms with Crippen LogP contribution in [0.15, 0.2) is 53.9 Å². The van der Waals surface area contributed by atoms with Crippen LogP contribution < -0.4 is 15.4 Å². The molecule has 2 N–H and O–H groups in total. The zero-order valence-corrected chi connectivity index (χ0v) is 16.5. The first-order chi connectivity index (χ1) is 13.9. The highest BCUT2D eigenvalue weighted by Crippen LogP contribution is 2.30. The third-order valence-corrected chi connectivity index (χ3v) is 5.04. The molecular formula is C19H14ClN3O5S. The number of benzene rings is 2. The quantitative estimate of drug-likeness (QED) is 0.429. The Labute approximate surface area is 174 Å². The normalized spacial score (nSPS) is 10.3. The molecule has 2 amide bonds. The summed E-state index contributed by atoms with van der Waals surface area (Å²) >= 11 is 7.30. The highest BCUT2D eigenvalue weighted by molar-refractivity contribution is 7.12. The molecule has 0 aliphatic rings. The summed E-state index contributed by atoms with van der Waals surface area (Å²) < 4.78 is 5.29. The Balaban J connectivity index is 1.77. The van der Waals surface area contributed by atoms with E-state index in [2.05, 4.69) is 10.6 Å². The Morgan fingerprint density at radius 3 is 2.52 bits per heavy atom. The van der Waals surface area contributed by atoms with Crippen molar-refractivity contribution in [3.05, 3.63) is 79.5 Å². The molecule has 29 heavy (non-hydrogen) atoms. The highest BCUT2D eigenvalue weighted by Gasteiger charge is 2.16. The van der Waals surface area contributed by atoms with Crippen LogP contribution in [0.25, 0.3) is 0 Å². The number of nitrogens with zero attached hydrogens (tertiary/aromatic N) is 1. The van der Waals surface area contributed by atoms with Crippen molar-refractivity contribution >= 4 is 51.8 Å². The average molecular weight is 432 g/mol. The summed E-state index contributed by atoms with van der Waals surface area (Å²) in [6, 6.07) is 11.8. The molecule has 8 nitrogen and oxygen atoms in total. The summed E-state index contributed by atoms with van der Waals surface area (Å²) in [6.45, 7) is 0. The van der Waals surface area contributed by atoms with Gasteiger partial charge in [-0.1, -0.05) is 17.7 Å². The summed E-state index contributed by atoms with van der Waals surface area (Å²) in [5.41, 5.74) is 0.720. The Bertz CT molecular complexity index is 1090. The number of non-ortho nitro benzene ring substituents is 1. The van der Waals surface area contributed by atoms with Gasteiger partial charge in [0.05, 0.1) is 33.2 Å². The van der Waals surface area contributed by atoms with Gasteiger partial charge < -0.3 is 15.4 Å². The molecule has 1 heterocycles. The predicted octanol–water partition coefficient (Wildman–Crippen LogP) is 4.82.